The number of carbonyl (C=O) groups excluding carboxylic acids is 1. The van der Waals surface area contributed by atoms with Crippen LogP contribution in [0.25, 0.3) is 0 Å². The number of nitrogens with one attached hydrogen (secondary N) is 1. The van der Waals surface area contributed by atoms with E-state index in [4.69, 9.17) is 15.1 Å². The van der Waals surface area contributed by atoms with Crippen LogP contribution in [0.2, 0.25) is 0 Å². The predicted molar refractivity (Wildman–Crippen MR) is 90.4 cm³/mol. The largest absolute Gasteiger partial charge is 0.394 e. The highest BCUT2D eigenvalue weighted by atomic mass is 16.5. The molecule has 0 aliphatic rings. The molecule has 0 spiro atoms. The molecule has 0 aliphatic carbocycles. The number of carbonyl (C=O) groups is 1. The quantitative estimate of drug-likeness (QED) is 0.819. The van der Waals surface area contributed by atoms with Crippen molar-refractivity contribution >= 4 is 5.91 Å². The van der Waals surface area contributed by atoms with Crippen LogP contribution in [-0.4, -0.2) is 30.8 Å². The fourth-order valence-corrected chi connectivity index (χ4v) is 2.27. The SMILES string of the molecule is Cc1ccc([C@@H](CNC(=O)c2cccc(C#N)c2)OCCO)cc1. The van der Waals surface area contributed by atoms with Crippen molar-refractivity contribution in [3.8, 4) is 6.07 Å². The highest BCUT2D eigenvalue weighted by molar-refractivity contribution is 5.94. The lowest BCUT2D eigenvalue weighted by Gasteiger charge is -2.19. The van der Waals surface area contributed by atoms with Gasteiger partial charge in [0.25, 0.3) is 5.91 Å². The number of rotatable bonds is 7. The second-order valence-corrected chi connectivity index (χ2v) is 5.40. The average molecular weight is 324 g/mol. The molecule has 0 saturated carbocycles. The Bertz CT molecular complexity index is 720. The molecule has 2 aromatic carbocycles. The standard InChI is InChI=1S/C19H20N2O3/c1-14-5-7-16(8-6-14)18(24-10-9-22)13-21-19(23)17-4-2-3-15(11-17)12-20/h2-8,11,18,22H,9-10,13H2,1H3,(H,21,23)/t18-/m1/s1. The normalized spacial score (nSPS) is 11.5. The fraction of sp³-hybridized carbons (Fsp3) is 0.263. The Hall–Kier alpha value is -2.68. The summed E-state index contributed by atoms with van der Waals surface area (Å²) in [5, 5.41) is 20.7. The molecular weight excluding hydrogens is 304 g/mol. The van der Waals surface area contributed by atoms with Gasteiger partial charge in [0.05, 0.1) is 31.0 Å². The van der Waals surface area contributed by atoms with Crippen LogP contribution >= 0.6 is 0 Å². The molecule has 5 heteroatoms. The number of aryl methyl sites for hydroxylation is 1. The van der Waals surface area contributed by atoms with E-state index in [1.165, 1.54) is 0 Å². The van der Waals surface area contributed by atoms with Gasteiger partial charge in [0.1, 0.15) is 0 Å². The van der Waals surface area contributed by atoms with Gasteiger partial charge in [-0.1, -0.05) is 35.9 Å². The summed E-state index contributed by atoms with van der Waals surface area (Å²) in [7, 11) is 0. The first-order chi connectivity index (χ1) is 11.6. The van der Waals surface area contributed by atoms with Crippen LogP contribution < -0.4 is 5.32 Å². The molecule has 0 aliphatic heterocycles. The van der Waals surface area contributed by atoms with Crippen LogP contribution in [0, 0.1) is 18.3 Å². The van der Waals surface area contributed by atoms with Gasteiger partial charge >= 0.3 is 0 Å². The molecule has 0 unspecified atom stereocenters. The van der Waals surface area contributed by atoms with Crippen LogP contribution in [0.4, 0.5) is 0 Å². The molecule has 1 amide bonds. The van der Waals surface area contributed by atoms with Gasteiger partial charge < -0.3 is 15.2 Å². The van der Waals surface area contributed by atoms with Crippen molar-refractivity contribution in [2.45, 2.75) is 13.0 Å². The van der Waals surface area contributed by atoms with Gasteiger partial charge in [0, 0.05) is 12.1 Å². The van der Waals surface area contributed by atoms with Crippen LogP contribution in [-0.2, 0) is 4.74 Å². The van der Waals surface area contributed by atoms with Crippen LogP contribution in [0.15, 0.2) is 48.5 Å². The number of aliphatic hydroxyl groups excluding tert-OH is 1. The molecule has 0 saturated heterocycles. The zero-order chi connectivity index (χ0) is 17.4. The van der Waals surface area contributed by atoms with E-state index >= 15 is 0 Å². The Morgan fingerprint density at radius 3 is 2.71 bits per heavy atom. The van der Waals surface area contributed by atoms with Crippen molar-refractivity contribution < 1.29 is 14.6 Å². The zero-order valence-electron chi connectivity index (χ0n) is 13.5. The van der Waals surface area contributed by atoms with E-state index in [-0.39, 0.29) is 31.8 Å². The third kappa shape index (κ3) is 4.92. The first-order valence-electron chi connectivity index (χ1n) is 7.71. The summed E-state index contributed by atoms with van der Waals surface area (Å²) in [6.07, 6.45) is -0.346. The van der Waals surface area contributed by atoms with E-state index < -0.39 is 0 Å². The number of aliphatic hydroxyl groups is 1. The van der Waals surface area contributed by atoms with E-state index in [1.807, 2.05) is 37.3 Å². The summed E-state index contributed by atoms with van der Waals surface area (Å²) in [6.45, 7) is 2.38. The highest BCUT2D eigenvalue weighted by Gasteiger charge is 2.14. The monoisotopic (exact) mass is 324 g/mol. The highest BCUT2D eigenvalue weighted by Crippen LogP contribution is 2.17. The minimum absolute atomic E-state index is 0.0828. The summed E-state index contributed by atoms with van der Waals surface area (Å²) in [4.78, 5) is 12.3. The molecular formula is C19H20N2O3. The summed E-state index contributed by atoms with van der Waals surface area (Å²) in [5.74, 6) is -0.267. The first kappa shape index (κ1) is 17.7. The van der Waals surface area contributed by atoms with Crippen molar-refractivity contribution in [3.63, 3.8) is 0 Å². The number of amides is 1. The molecule has 0 radical (unpaired) electrons. The Balaban J connectivity index is 2.05. The van der Waals surface area contributed by atoms with Gasteiger partial charge in [-0.25, -0.2) is 0 Å². The number of ether oxygens (including phenoxy) is 1. The molecule has 0 heterocycles. The second-order valence-electron chi connectivity index (χ2n) is 5.40. The Kier molecular flexibility index (Phi) is 6.50. The molecule has 0 fully saturated rings. The molecule has 5 nitrogen and oxygen atoms in total. The average Bonchev–Trinajstić information content (AvgIpc) is 2.62. The topological polar surface area (TPSA) is 82.4 Å². The lowest BCUT2D eigenvalue weighted by molar-refractivity contribution is 0.0277. The van der Waals surface area contributed by atoms with Crippen LogP contribution in [0.5, 0.6) is 0 Å². The Labute approximate surface area is 141 Å². The Morgan fingerprint density at radius 1 is 1.29 bits per heavy atom. The fourth-order valence-electron chi connectivity index (χ4n) is 2.27. The van der Waals surface area contributed by atoms with Crippen molar-refractivity contribution in [1.82, 2.24) is 5.32 Å². The smallest absolute Gasteiger partial charge is 0.251 e. The minimum atomic E-state index is -0.346. The number of nitriles is 1. The van der Waals surface area contributed by atoms with E-state index in [9.17, 15) is 4.79 Å². The van der Waals surface area contributed by atoms with Crippen molar-refractivity contribution in [2.75, 3.05) is 19.8 Å². The molecule has 0 aromatic heterocycles. The number of hydrogen-bond donors (Lipinski definition) is 2. The van der Waals surface area contributed by atoms with E-state index in [1.54, 1.807) is 24.3 Å². The summed E-state index contributed by atoms with van der Waals surface area (Å²) in [6, 6.07) is 16.4. The van der Waals surface area contributed by atoms with Gasteiger partial charge in [-0.05, 0) is 30.7 Å². The van der Waals surface area contributed by atoms with Crippen LogP contribution in [0.3, 0.4) is 0 Å². The molecule has 2 rings (SSSR count). The zero-order valence-corrected chi connectivity index (χ0v) is 13.5. The van der Waals surface area contributed by atoms with E-state index in [0.717, 1.165) is 11.1 Å². The van der Waals surface area contributed by atoms with Gasteiger partial charge in [0.15, 0.2) is 0 Å². The van der Waals surface area contributed by atoms with Gasteiger partial charge in [0.2, 0.25) is 0 Å². The maximum atomic E-state index is 12.3. The molecule has 2 aromatic rings. The van der Waals surface area contributed by atoms with E-state index in [2.05, 4.69) is 5.32 Å². The Morgan fingerprint density at radius 2 is 2.04 bits per heavy atom. The molecule has 0 bridgehead atoms. The summed E-state index contributed by atoms with van der Waals surface area (Å²) in [5.41, 5.74) is 2.94. The minimum Gasteiger partial charge on any atom is -0.394 e. The van der Waals surface area contributed by atoms with E-state index in [0.29, 0.717) is 11.1 Å². The second kappa shape index (κ2) is 8.82. The number of hydrogen-bond acceptors (Lipinski definition) is 4. The third-order valence-corrected chi connectivity index (χ3v) is 3.56. The lowest BCUT2D eigenvalue weighted by Crippen LogP contribution is -2.30. The molecule has 24 heavy (non-hydrogen) atoms. The summed E-state index contributed by atoms with van der Waals surface area (Å²) >= 11 is 0. The lowest BCUT2D eigenvalue weighted by atomic mass is 10.1. The number of benzene rings is 2. The number of nitrogens with zero attached hydrogens (tertiary/aromatic N) is 1. The van der Waals surface area contributed by atoms with Gasteiger partial charge in [-0.3, -0.25) is 4.79 Å². The van der Waals surface area contributed by atoms with Crippen molar-refractivity contribution in [1.29, 1.82) is 5.26 Å². The predicted octanol–water partition coefficient (Wildman–Crippen LogP) is 2.35. The van der Waals surface area contributed by atoms with Crippen molar-refractivity contribution in [2.24, 2.45) is 0 Å². The third-order valence-electron chi connectivity index (χ3n) is 3.56. The van der Waals surface area contributed by atoms with Crippen molar-refractivity contribution in [3.05, 3.63) is 70.8 Å². The maximum absolute atomic E-state index is 12.3. The van der Waals surface area contributed by atoms with Gasteiger partial charge in [-0.15, -0.1) is 0 Å². The maximum Gasteiger partial charge on any atom is 0.251 e. The summed E-state index contributed by atoms with van der Waals surface area (Å²) < 4.78 is 5.63. The van der Waals surface area contributed by atoms with Crippen LogP contribution in [0.1, 0.15) is 33.2 Å². The first-order valence-corrected chi connectivity index (χ1v) is 7.71. The molecule has 2 N–H and O–H groups in total. The molecule has 124 valence electrons. The van der Waals surface area contributed by atoms with Gasteiger partial charge in [-0.2, -0.15) is 5.26 Å². The molecule has 1 atom stereocenters.